The summed E-state index contributed by atoms with van der Waals surface area (Å²) in [6, 6.07) is 11.5. The summed E-state index contributed by atoms with van der Waals surface area (Å²) >= 11 is 12.6. The maximum absolute atomic E-state index is 6.45. The number of halogens is 2. The summed E-state index contributed by atoms with van der Waals surface area (Å²) in [6.07, 6.45) is 0. The number of likely N-dealkylation sites (N-methyl/N-ethyl adjacent to an activating group) is 1. The third-order valence-corrected chi connectivity index (χ3v) is 5.10. The first kappa shape index (κ1) is 21.8. The summed E-state index contributed by atoms with van der Waals surface area (Å²) in [6.45, 7) is 9.48. The monoisotopic (exact) mass is 410 g/mol. The van der Waals surface area contributed by atoms with Crippen molar-refractivity contribution in [3.05, 3.63) is 57.6 Å². The minimum absolute atomic E-state index is 0.331. The van der Waals surface area contributed by atoms with E-state index in [1.807, 2.05) is 36.4 Å². The average molecular weight is 411 g/mol. The fraction of sp³-hybridized carbons (Fsp3) is 0.429. The van der Waals surface area contributed by atoms with Crippen molar-refractivity contribution in [1.82, 2.24) is 10.2 Å². The van der Waals surface area contributed by atoms with Gasteiger partial charge in [0.05, 0.1) is 12.1 Å². The maximum Gasteiger partial charge on any atom is 0.180 e. The first-order valence-corrected chi connectivity index (χ1v) is 10.00. The van der Waals surface area contributed by atoms with Crippen molar-refractivity contribution in [3.8, 4) is 11.5 Å². The van der Waals surface area contributed by atoms with Gasteiger partial charge in [0.1, 0.15) is 6.61 Å². The van der Waals surface area contributed by atoms with Gasteiger partial charge in [0.25, 0.3) is 0 Å². The molecule has 0 saturated heterocycles. The van der Waals surface area contributed by atoms with Gasteiger partial charge in [-0.25, -0.2) is 0 Å². The molecule has 0 saturated carbocycles. The van der Waals surface area contributed by atoms with E-state index >= 15 is 0 Å². The van der Waals surface area contributed by atoms with Gasteiger partial charge in [0.2, 0.25) is 0 Å². The molecule has 4 nitrogen and oxygen atoms in total. The van der Waals surface area contributed by atoms with Gasteiger partial charge in [-0.2, -0.15) is 0 Å². The number of hydrogen-bond donors (Lipinski definition) is 1. The second-order valence-corrected chi connectivity index (χ2v) is 7.01. The van der Waals surface area contributed by atoms with Crippen LogP contribution in [0.1, 0.15) is 25.0 Å². The molecule has 1 N–H and O–H groups in total. The van der Waals surface area contributed by atoms with Crippen molar-refractivity contribution >= 4 is 23.2 Å². The lowest BCUT2D eigenvalue weighted by atomic mass is 10.2. The minimum Gasteiger partial charge on any atom is -0.493 e. The van der Waals surface area contributed by atoms with Crippen molar-refractivity contribution in [1.29, 1.82) is 0 Å². The minimum atomic E-state index is 0.331. The standard InChI is InChI=1S/C21H28Cl2N2O2/c1-4-25(5-2)11-10-24-14-16-12-19(23)21(20(13-16)26-3)27-15-17-8-6-7-9-18(17)22/h6-9,12-13,24H,4-5,10-11,14-15H2,1-3H3. The second kappa shape index (κ2) is 11.4. The Hall–Kier alpha value is -1.46. The van der Waals surface area contributed by atoms with Crippen LogP contribution < -0.4 is 14.8 Å². The van der Waals surface area contributed by atoms with Crippen molar-refractivity contribution in [2.75, 3.05) is 33.3 Å². The number of nitrogens with one attached hydrogen (secondary N) is 1. The lowest BCUT2D eigenvalue weighted by Crippen LogP contribution is -2.31. The number of rotatable bonds is 11. The predicted molar refractivity (Wildman–Crippen MR) is 113 cm³/mol. The van der Waals surface area contributed by atoms with E-state index < -0.39 is 0 Å². The molecule has 0 unspecified atom stereocenters. The van der Waals surface area contributed by atoms with E-state index in [4.69, 9.17) is 32.7 Å². The molecule has 148 valence electrons. The van der Waals surface area contributed by atoms with E-state index in [2.05, 4.69) is 24.1 Å². The number of benzene rings is 2. The molecule has 0 radical (unpaired) electrons. The smallest absolute Gasteiger partial charge is 0.180 e. The van der Waals surface area contributed by atoms with Crippen LogP contribution in [0, 0.1) is 0 Å². The van der Waals surface area contributed by atoms with Crippen LogP contribution in [0.2, 0.25) is 10.0 Å². The van der Waals surface area contributed by atoms with Gasteiger partial charge in [0.15, 0.2) is 11.5 Å². The molecule has 0 amide bonds. The topological polar surface area (TPSA) is 33.7 Å². The van der Waals surface area contributed by atoms with Gasteiger partial charge in [-0.15, -0.1) is 0 Å². The normalized spacial score (nSPS) is 11.0. The Bertz CT molecular complexity index is 721. The lowest BCUT2D eigenvalue weighted by Gasteiger charge is -2.18. The molecule has 0 fully saturated rings. The van der Waals surface area contributed by atoms with Crippen molar-refractivity contribution in [3.63, 3.8) is 0 Å². The fourth-order valence-electron chi connectivity index (χ4n) is 2.79. The van der Waals surface area contributed by atoms with E-state index in [1.54, 1.807) is 7.11 Å². The van der Waals surface area contributed by atoms with Gasteiger partial charge in [0, 0.05) is 30.2 Å². The molecule has 2 aromatic rings. The van der Waals surface area contributed by atoms with Crippen molar-refractivity contribution < 1.29 is 9.47 Å². The van der Waals surface area contributed by atoms with E-state index in [0.717, 1.165) is 43.9 Å². The van der Waals surface area contributed by atoms with Gasteiger partial charge >= 0.3 is 0 Å². The highest BCUT2D eigenvalue weighted by atomic mass is 35.5. The molecule has 0 bridgehead atoms. The zero-order valence-electron chi connectivity index (χ0n) is 16.2. The van der Waals surface area contributed by atoms with Crippen LogP contribution in [0.25, 0.3) is 0 Å². The molecule has 0 spiro atoms. The van der Waals surface area contributed by atoms with Crippen LogP contribution >= 0.6 is 23.2 Å². The van der Waals surface area contributed by atoms with Crippen LogP contribution in [-0.2, 0) is 13.2 Å². The summed E-state index contributed by atoms with van der Waals surface area (Å²) in [7, 11) is 1.62. The van der Waals surface area contributed by atoms with Gasteiger partial charge in [-0.1, -0.05) is 55.2 Å². The number of nitrogens with zero attached hydrogens (tertiary/aromatic N) is 1. The Morgan fingerprint density at radius 3 is 2.44 bits per heavy atom. The van der Waals surface area contributed by atoms with E-state index in [1.165, 1.54) is 0 Å². The fourth-order valence-corrected chi connectivity index (χ4v) is 3.27. The van der Waals surface area contributed by atoms with Crippen LogP contribution in [0.4, 0.5) is 0 Å². The Morgan fingerprint density at radius 1 is 1.04 bits per heavy atom. The molecular formula is C21H28Cl2N2O2. The third kappa shape index (κ3) is 6.58. The summed E-state index contributed by atoms with van der Waals surface area (Å²) < 4.78 is 11.4. The average Bonchev–Trinajstić information content (AvgIpc) is 2.68. The molecule has 0 atom stereocenters. The number of hydrogen-bond acceptors (Lipinski definition) is 4. The van der Waals surface area contributed by atoms with E-state index in [0.29, 0.717) is 28.2 Å². The molecule has 2 rings (SSSR count). The number of methoxy groups -OCH3 is 1. The molecule has 2 aromatic carbocycles. The van der Waals surface area contributed by atoms with Crippen LogP contribution in [-0.4, -0.2) is 38.2 Å². The molecule has 0 aliphatic rings. The lowest BCUT2D eigenvalue weighted by molar-refractivity contribution is 0.284. The van der Waals surface area contributed by atoms with Gasteiger partial charge in [-0.05, 0) is 36.9 Å². The third-order valence-electron chi connectivity index (χ3n) is 4.45. The van der Waals surface area contributed by atoms with Crippen LogP contribution in [0.15, 0.2) is 36.4 Å². The highest BCUT2D eigenvalue weighted by Gasteiger charge is 2.13. The quantitative estimate of drug-likeness (QED) is 0.527. The SMILES string of the molecule is CCN(CC)CCNCc1cc(Cl)c(OCc2ccccc2Cl)c(OC)c1. The second-order valence-electron chi connectivity index (χ2n) is 6.19. The molecule has 0 aliphatic heterocycles. The van der Waals surface area contributed by atoms with Crippen molar-refractivity contribution in [2.24, 2.45) is 0 Å². The van der Waals surface area contributed by atoms with Gasteiger partial charge < -0.3 is 19.7 Å². The Morgan fingerprint density at radius 2 is 1.78 bits per heavy atom. The summed E-state index contributed by atoms with van der Waals surface area (Å²) in [5.74, 6) is 1.15. The summed E-state index contributed by atoms with van der Waals surface area (Å²) in [5, 5.41) is 4.65. The molecule has 0 heterocycles. The zero-order chi connectivity index (χ0) is 19.6. The van der Waals surface area contributed by atoms with E-state index in [9.17, 15) is 0 Å². The van der Waals surface area contributed by atoms with Crippen molar-refractivity contribution in [2.45, 2.75) is 27.0 Å². The largest absolute Gasteiger partial charge is 0.493 e. The molecule has 27 heavy (non-hydrogen) atoms. The molecule has 0 aromatic heterocycles. The zero-order valence-corrected chi connectivity index (χ0v) is 17.7. The Balaban J connectivity index is 1.98. The van der Waals surface area contributed by atoms with Crippen LogP contribution in [0.3, 0.4) is 0 Å². The Kier molecular flexibility index (Phi) is 9.22. The molecule has 0 aliphatic carbocycles. The highest BCUT2D eigenvalue weighted by Crippen LogP contribution is 2.37. The Labute approximate surface area is 172 Å². The first-order chi connectivity index (χ1) is 13.1. The maximum atomic E-state index is 6.45. The molecule has 6 heteroatoms. The highest BCUT2D eigenvalue weighted by molar-refractivity contribution is 6.32. The molecular weight excluding hydrogens is 383 g/mol. The van der Waals surface area contributed by atoms with E-state index in [-0.39, 0.29) is 0 Å². The van der Waals surface area contributed by atoms with Crippen LogP contribution in [0.5, 0.6) is 11.5 Å². The summed E-state index contributed by atoms with van der Waals surface area (Å²) in [4.78, 5) is 2.38. The number of ether oxygens (including phenoxy) is 2. The van der Waals surface area contributed by atoms with Gasteiger partial charge in [-0.3, -0.25) is 0 Å². The predicted octanol–water partition coefficient (Wildman–Crippen LogP) is 5.01. The first-order valence-electron chi connectivity index (χ1n) is 9.24. The summed E-state index contributed by atoms with van der Waals surface area (Å²) in [5.41, 5.74) is 1.96.